The number of hydrogen-bond acceptors (Lipinski definition) is 3. The predicted molar refractivity (Wildman–Crippen MR) is 78.9 cm³/mol. The second-order valence-corrected chi connectivity index (χ2v) is 7.29. The standard InChI is InChI=1S/C14H18F2OS2/c1-2-13-14(19-6-5-18-13)12(17)7-9-3-4-10(15)8-11(9)16/h3-4,8,12-14,17H,2,5-7H2,1H3. The average Bonchev–Trinajstić information content (AvgIpc) is 2.41. The Balaban J connectivity index is 2.04. The summed E-state index contributed by atoms with van der Waals surface area (Å²) in [6.07, 6.45) is 0.675. The Labute approximate surface area is 121 Å². The van der Waals surface area contributed by atoms with Crippen LogP contribution in [0.3, 0.4) is 0 Å². The second-order valence-electron chi connectivity index (χ2n) is 4.66. The van der Waals surface area contributed by atoms with Gasteiger partial charge in [0.2, 0.25) is 0 Å². The summed E-state index contributed by atoms with van der Waals surface area (Å²) in [4.78, 5) is 0. The smallest absolute Gasteiger partial charge is 0.129 e. The van der Waals surface area contributed by atoms with Gasteiger partial charge in [-0.3, -0.25) is 0 Å². The predicted octanol–water partition coefficient (Wildman–Crippen LogP) is 3.50. The van der Waals surface area contributed by atoms with Crippen LogP contribution >= 0.6 is 23.5 Å². The fraction of sp³-hybridized carbons (Fsp3) is 0.571. The topological polar surface area (TPSA) is 20.2 Å². The minimum absolute atomic E-state index is 0.133. The van der Waals surface area contributed by atoms with Crippen LogP contribution in [0.4, 0.5) is 8.78 Å². The van der Waals surface area contributed by atoms with E-state index in [2.05, 4.69) is 6.92 Å². The molecule has 0 amide bonds. The van der Waals surface area contributed by atoms with Gasteiger partial charge in [-0.15, -0.1) is 0 Å². The van der Waals surface area contributed by atoms with Crippen molar-refractivity contribution in [3.63, 3.8) is 0 Å². The van der Waals surface area contributed by atoms with Gasteiger partial charge in [0.1, 0.15) is 11.6 Å². The molecular weight excluding hydrogens is 286 g/mol. The highest BCUT2D eigenvalue weighted by Gasteiger charge is 2.31. The lowest BCUT2D eigenvalue weighted by Crippen LogP contribution is -2.37. The van der Waals surface area contributed by atoms with E-state index in [-0.39, 0.29) is 11.7 Å². The van der Waals surface area contributed by atoms with Crippen molar-refractivity contribution >= 4 is 23.5 Å². The van der Waals surface area contributed by atoms with Crippen molar-refractivity contribution in [1.29, 1.82) is 0 Å². The molecule has 0 aromatic heterocycles. The highest BCUT2D eigenvalue weighted by atomic mass is 32.2. The molecule has 1 aliphatic heterocycles. The van der Waals surface area contributed by atoms with E-state index in [1.807, 2.05) is 11.8 Å². The van der Waals surface area contributed by atoms with Crippen molar-refractivity contribution < 1.29 is 13.9 Å². The third kappa shape index (κ3) is 3.86. The van der Waals surface area contributed by atoms with Gasteiger partial charge in [-0.1, -0.05) is 13.0 Å². The van der Waals surface area contributed by atoms with Crippen LogP contribution in [0.2, 0.25) is 0 Å². The zero-order chi connectivity index (χ0) is 13.8. The number of hydrogen-bond donors (Lipinski definition) is 1. The Morgan fingerprint density at radius 2 is 2.05 bits per heavy atom. The van der Waals surface area contributed by atoms with Crippen LogP contribution in [0.5, 0.6) is 0 Å². The number of benzene rings is 1. The molecule has 3 atom stereocenters. The lowest BCUT2D eigenvalue weighted by molar-refractivity contribution is 0.168. The SMILES string of the molecule is CCC1SCCSC1C(O)Cc1ccc(F)cc1F. The monoisotopic (exact) mass is 304 g/mol. The normalized spacial score (nSPS) is 25.3. The highest BCUT2D eigenvalue weighted by Crippen LogP contribution is 2.36. The maximum atomic E-state index is 13.6. The molecule has 0 aliphatic carbocycles. The summed E-state index contributed by atoms with van der Waals surface area (Å²) in [7, 11) is 0. The Morgan fingerprint density at radius 1 is 1.32 bits per heavy atom. The number of thioether (sulfide) groups is 2. The molecule has 1 N–H and O–H groups in total. The van der Waals surface area contributed by atoms with Crippen LogP contribution < -0.4 is 0 Å². The summed E-state index contributed by atoms with van der Waals surface area (Å²) < 4.78 is 26.4. The van der Waals surface area contributed by atoms with Crippen molar-refractivity contribution in [3.05, 3.63) is 35.4 Å². The molecular formula is C14H18F2OS2. The first-order valence-electron chi connectivity index (χ1n) is 6.47. The second kappa shape index (κ2) is 6.95. The molecule has 1 saturated heterocycles. The van der Waals surface area contributed by atoms with Gasteiger partial charge in [-0.05, 0) is 18.1 Å². The first kappa shape index (κ1) is 15.1. The van der Waals surface area contributed by atoms with Crippen LogP contribution in [-0.4, -0.2) is 33.2 Å². The highest BCUT2D eigenvalue weighted by molar-refractivity contribution is 8.07. The van der Waals surface area contributed by atoms with Gasteiger partial charge in [-0.2, -0.15) is 23.5 Å². The largest absolute Gasteiger partial charge is 0.392 e. The quantitative estimate of drug-likeness (QED) is 0.919. The average molecular weight is 304 g/mol. The molecule has 1 aromatic rings. The van der Waals surface area contributed by atoms with Crippen LogP contribution in [0.15, 0.2) is 18.2 Å². The van der Waals surface area contributed by atoms with Gasteiger partial charge in [0.15, 0.2) is 0 Å². The lowest BCUT2D eigenvalue weighted by Gasteiger charge is -2.33. The molecule has 0 radical (unpaired) electrons. The first-order chi connectivity index (χ1) is 9.11. The van der Waals surface area contributed by atoms with E-state index in [9.17, 15) is 13.9 Å². The Morgan fingerprint density at radius 3 is 2.74 bits per heavy atom. The molecule has 1 aromatic carbocycles. The van der Waals surface area contributed by atoms with Gasteiger partial charge in [0.25, 0.3) is 0 Å². The molecule has 1 heterocycles. The van der Waals surface area contributed by atoms with Gasteiger partial charge in [0.05, 0.1) is 6.10 Å². The van der Waals surface area contributed by atoms with Crippen LogP contribution in [0.25, 0.3) is 0 Å². The molecule has 1 aliphatic rings. The van der Waals surface area contributed by atoms with Gasteiger partial charge >= 0.3 is 0 Å². The summed E-state index contributed by atoms with van der Waals surface area (Å²) in [5, 5.41) is 10.9. The molecule has 1 fully saturated rings. The van der Waals surface area contributed by atoms with Crippen LogP contribution in [0, 0.1) is 11.6 Å². The zero-order valence-corrected chi connectivity index (χ0v) is 12.4. The van der Waals surface area contributed by atoms with E-state index in [4.69, 9.17) is 0 Å². The molecule has 5 heteroatoms. The molecule has 19 heavy (non-hydrogen) atoms. The fourth-order valence-electron chi connectivity index (χ4n) is 2.32. The van der Waals surface area contributed by atoms with E-state index in [1.165, 1.54) is 12.1 Å². The minimum atomic E-state index is -0.581. The third-order valence-corrected chi connectivity index (χ3v) is 6.71. The third-order valence-electron chi connectivity index (χ3n) is 3.32. The van der Waals surface area contributed by atoms with Crippen LogP contribution in [0.1, 0.15) is 18.9 Å². The maximum absolute atomic E-state index is 13.6. The van der Waals surface area contributed by atoms with Crippen molar-refractivity contribution in [2.75, 3.05) is 11.5 Å². The number of halogens is 2. The lowest BCUT2D eigenvalue weighted by atomic mass is 10.0. The summed E-state index contributed by atoms with van der Waals surface area (Å²) in [5.41, 5.74) is 0.389. The van der Waals surface area contributed by atoms with E-state index >= 15 is 0 Å². The molecule has 1 nitrogen and oxygen atoms in total. The van der Waals surface area contributed by atoms with Crippen molar-refractivity contribution in [2.24, 2.45) is 0 Å². The van der Waals surface area contributed by atoms with Crippen molar-refractivity contribution in [1.82, 2.24) is 0 Å². The van der Waals surface area contributed by atoms with Crippen molar-refractivity contribution in [3.8, 4) is 0 Å². The van der Waals surface area contributed by atoms with E-state index in [0.717, 1.165) is 24.0 Å². The molecule has 0 saturated carbocycles. The number of aliphatic hydroxyl groups excluding tert-OH is 1. The van der Waals surface area contributed by atoms with E-state index < -0.39 is 17.7 Å². The van der Waals surface area contributed by atoms with Gasteiger partial charge in [0, 0.05) is 34.5 Å². The molecule has 0 spiro atoms. The zero-order valence-electron chi connectivity index (χ0n) is 10.8. The van der Waals surface area contributed by atoms with Crippen molar-refractivity contribution in [2.45, 2.75) is 36.4 Å². The van der Waals surface area contributed by atoms with E-state index in [0.29, 0.717) is 10.8 Å². The Kier molecular flexibility index (Phi) is 5.54. The first-order valence-corrected chi connectivity index (χ1v) is 8.56. The maximum Gasteiger partial charge on any atom is 0.129 e. The molecule has 2 rings (SSSR count). The van der Waals surface area contributed by atoms with Gasteiger partial charge < -0.3 is 5.11 Å². The Bertz CT molecular complexity index is 428. The summed E-state index contributed by atoms with van der Waals surface area (Å²) in [6, 6.07) is 3.54. The molecule has 0 bridgehead atoms. The number of aliphatic hydroxyl groups is 1. The summed E-state index contributed by atoms with van der Waals surface area (Å²) in [6.45, 7) is 2.11. The minimum Gasteiger partial charge on any atom is -0.392 e. The Hall–Kier alpha value is -0.260. The molecule has 3 unspecified atom stereocenters. The van der Waals surface area contributed by atoms with E-state index in [1.54, 1.807) is 11.8 Å². The fourth-order valence-corrected chi connectivity index (χ4v) is 5.47. The number of rotatable bonds is 4. The van der Waals surface area contributed by atoms with Crippen LogP contribution in [-0.2, 0) is 6.42 Å². The summed E-state index contributed by atoms with van der Waals surface area (Å²) in [5.74, 6) is 0.983. The summed E-state index contributed by atoms with van der Waals surface area (Å²) >= 11 is 3.65. The molecule has 106 valence electrons. The van der Waals surface area contributed by atoms with Gasteiger partial charge in [-0.25, -0.2) is 8.78 Å².